The Labute approximate surface area is 167 Å². The van der Waals surface area contributed by atoms with Crippen LogP contribution in [0.15, 0.2) is 42.6 Å². The fraction of sp³-hybridized carbons (Fsp3) is 0.263. The number of nitrogens with one attached hydrogen (secondary N) is 1. The molecule has 1 aliphatic rings. The van der Waals surface area contributed by atoms with Crippen molar-refractivity contribution < 1.29 is 9.53 Å². The smallest absolute Gasteiger partial charge is 0.254 e. The van der Waals surface area contributed by atoms with Crippen molar-refractivity contribution in [3.63, 3.8) is 0 Å². The first kappa shape index (κ1) is 18.4. The van der Waals surface area contributed by atoms with Gasteiger partial charge in [0.15, 0.2) is 5.78 Å². The molecule has 0 bridgehead atoms. The maximum atomic E-state index is 11.6. The lowest BCUT2D eigenvalue weighted by Gasteiger charge is -2.28. The first-order valence-corrected chi connectivity index (χ1v) is 9.28. The van der Waals surface area contributed by atoms with E-state index in [4.69, 9.17) is 16.3 Å². The van der Waals surface area contributed by atoms with E-state index in [1.54, 1.807) is 12.3 Å². The summed E-state index contributed by atoms with van der Waals surface area (Å²) in [6, 6.07) is 10.9. The topological polar surface area (TPSA) is 85.2 Å². The predicted octanol–water partition coefficient (Wildman–Crippen LogP) is 3.10. The summed E-state index contributed by atoms with van der Waals surface area (Å²) in [5, 5.41) is 8.22. The van der Waals surface area contributed by atoms with Crippen LogP contribution in [-0.4, -0.2) is 51.8 Å². The number of hydrogen-bond acceptors (Lipinski definition) is 7. The van der Waals surface area contributed by atoms with Gasteiger partial charge in [-0.15, -0.1) is 0 Å². The van der Waals surface area contributed by atoms with Gasteiger partial charge in [-0.05, 0) is 30.3 Å². The monoisotopic (exact) mass is 398 g/mol. The molecule has 4 rings (SSSR count). The normalized spacial score (nSPS) is 14.1. The molecule has 8 nitrogen and oxygen atoms in total. The molecule has 9 heteroatoms. The lowest BCUT2D eigenvalue weighted by Crippen LogP contribution is -2.37. The highest BCUT2D eigenvalue weighted by Gasteiger charge is 2.17. The van der Waals surface area contributed by atoms with Crippen LogP contribution in [0.3, 0.4) is 0 Å². The second-order valence-corrected chi connectivity index (χ2v) is 6.78. The first-order chi connectivity index (χ1) is 13.6. The molecule has 1 fully saturated rings. The third-order valence-electron chi connectivity index (χ3n) is 4.31. The molecule has 1 aromatic carbocycles. The van der Waals surface area contributed by atoms with Crippen molar-refractivity contribution in [1.29, 1.82) is 0 Å². The first-order valence-electron chi connectivity index (χ1n) is 8.90. The molecule has 0 unspecified atom stereocenters. The van der Waals surface area contributed by atoms with Crippen molar-refractivity contribution in [1.82, 2.24) is 19.7 Å². The van der Waals surface area contributed by atoms with E-state index in [-0.39, 0.29) is 5.78 Å². The van der Waals surface area contributed by atoms with Crippen molar-refractivity contribution in [2.24, 2.45) is 0 Å². The molecule has 0 spiro atoms. The van der Waals surface area contributed by atoms with Crippen LogP contribution in [0.2, 0.25) is 5.02 Å². The molecule has 1 aliphatic heterocycles. The van der Waals surface area contributed by atoms with Crippen molar-refractivity contribution in [3.05, 3.63) is 53.3 Å². The molecule has 0 amide bonds. The van der Waals surface area contributed by atoms with Crippen LogP contribution < -0.4 is 10.2 Å². The minimum atomic E-state index is -0.109. The molecule has 1 N–H and O–H groups in total. The molecule has 0 radical (unpaired) electrons. The van der Waals surface area contributed by atoms with E-state index in [1.807, 2.05) is 30.3 Å². The zero-order valence-electron chi connectivity index (χ0n) is 15.3. The highest BCUT2D eigenvalue weighted by molar-refractivity contribution is 6.30. The Morgan fingerprint density at radius 1 is 1.14 bits per heavy atom. The van der Waals surface area contributed by atoms with Crippen LogP contribution in [0.25, 0.3) is 5.95 Å². The fourth-order valence-electron chi connectivity index (χ4n) is 2.85. The van der Waals surface area contributed by atoms with Crippen LogP contribution in [0, 0.1) is 0 Å². The van der Waals surface area contributed by atoms with Gasteiger partial charge in [0.1, 0.15) is 17.3 Å². The molecule has 0 atom stereocenters. The number of rotatable bonds is 5. The van der Waals surface area contributed by atoms with E-state index in [0.29, 0.717) is 35.7 Å². The van der Waals surface area contributed by atoms with Gasteiger partial charge in [-0.3, -0.25) is 4.79 Å². The van der Waals surface area contributed by atoms with Gasteiger partial charge in [0, 0.05) is 43.0 Å². The zero-order valence-corrected chi connectivity index (χ0v) is 16.1. The molecular formula is C19H19ClN6O2. The maximum Gasteiger partial charge on any atom is 0.254 e. The second kappa shape index (κ2) is 7.95. The molecule has 28 heavy (non-hydrogen) atoms. The van der Waals surface area contributed by atoms with Gasteiger partial charge in [0.25, 0.3) is 5.95 Å². The van der Waals surface area contributed by atoms with Gasteiger partial charge in [-0.2, -0.15) is 15.1 Å². The summed E-state index contributed by atoms with van der Waals surface area (Å²) < 4.78 is 6.94. The molecule has 144 valence electrons. The number of hydrogen-bond donors (Lipinski definition) is 1. The Morgan fingerprint density at radius 2 is 1.89 bits per heavy atom. The summed E-state index contributed by atoms with van der Waals surface area (Å²) in [6.45, 7) is 4.26. The van der Waals surface area contributed by atoms with E-state index in [2.05, 4.69) is 25.3 Å². The van der Waals surface area contributed by atoms with Crippen LogP contribution in [0.1, 0.15) is 17.4 Å². The summed E-state index contributed by atoms with van der Waals surface area (Å²) in [4.78, 5) is 22.9. The summed E-state index contributed by atoms with van der Waals surface area (Å²) in [5.74, 6) is 1.66. The number of carbonyl (C=O) groups excluding carboxylic acids is 1. The fourth-order valence-corrected chi connectivity index (χ4v) is 2.97. The lowest BCUT2D eigenvalue weighted by atomic mass is 10.3. The van der Waals surface area contributed by atoms with E-state index in [0.717, 1.165) is 24.6 Å². The van der Waals surface area contributed by atoms with E-state index >= 15 is 0 Å². The number of ether oxygens (including phenoxy) is 1. The largest absolute Gasteiger partial charge is 0.378 e. The van der Waals surface area contributed by atoms with Gasteiger partial charge >= 0.3 is 0 Å². The van der Waals surface area contributed by atoms with E-state index in [9.17, 15) is 4.79 Å². The molecular weight excluding hydrogens is 380 g/mol. The SMILES string of the molecule is CC(=O)c1ccn(-c2nc(Nc3ccc(Cl)cc3)cc(N3CCOCC3)n2)n1. The number of anilines is 3. The van der Waals surface area contributed by atoms with Gasteiger partial charge in [-0.25, -0.2) is 4.68 Å². The van der Waals surface area contributed by atoms with Crippen molar-refractivity contribution >= 4 is 34.7 Å². The quantitative estimate of drug-likeness (QED) is 0.661. The Balaban J connectivity index is 1.71. The highest BCUT2D eigenvalue weighted by Crippen LogP contribution is 2.23. The van der Waals surface area contributed by atoms with E-state index in [1.165, 1.54) is 11.6 Å². The Hall–Kier alpha value is -2.97. The van der Waals surface area contributed by atoms with Crippen LogP contribution >= 0.6 is 11.6 Å². The molecule has 1 saturated heterocycles. The van der Waals surface area contributed by atoms with Gasteiger partial charge in [0.05, 0.1) is 13.2 Å². The van der Waals surface area contributed by atoms with Gasteiger partial charge < -0.3 is 15.0 Å². The van der Waals surface area contributed by atoms with Crippen LogP contribution in [0.5, 0.6) is 0 Å². The highest BCUT2D eigenvalue weighted by atomic mass is 35.5. The zero-order chi connectivity index (χ0) is 19.5. The average molecular weight is 399 g/mol. The molecule has 0 saturated carbocycles. The Bertz CT molecular complexity index is 982. The van der Waals surface area contributed by atoms with Crippen molar-refractivity contribution in [3.8, 4) is 5.95 Å². The third-order valence-corrected chi connectivity index (χ3v) is 4.56. The summed E-state index contributed by atoms with van der Waals surface area (Å²) in [7, 11) is 0. The average Bonchev–Trinajstić information content (AvgIpc) is 3.21. The van der Waals surface area contributed by atoms with Crippen molar-refractivity contribution in [2.45, 2.75) is 6.92 Å². The number of benzene rings is 1. The third kappa shape index (κ3) is 4.13. The van der Waals surface area contributed by atoms with E-state index < -0.39 is 0 Å². The number of nitrogens with zero attached hydrogens (tertiary/aromatic N) is 5. The number of halogens is 1. The number of Topliss-reactive ketones (excluding diaryl/α,β-unsaturated/α-hetero) is 1. The summed E-state index contributed by atoms with van der Waals surface area (Å²) >= 11 is 5.96. The van der Waals surface area contributed by atoms with Crippen LogP contribution in [-0.2, 0) is 4.74 Å². The van der Waals surface area contributed by atoms with Crippen LogP contribution in [0.4, 0.5) is 17.3 Å². The summed E-state index contributed by atoms with van der Waals surface area (Å²) in [6.07, 6.45) is 1.68. The Kier molecular flexibility index (Phi) is 5.23. The molecule has 3 heterocycles. The lowest BCUT2D eigenvalue weighted by molar-refractivity contribution is 0.101. The van der Waals surface area contributed by atoms with Gasteiger partial charge in [-0.1, -0.05) is 11.6 Å². The Morgan fingerprint density at radius 3 is 2.57 bits per heavy atom. The number of carbonyl (C=O) groups is 1. The predicted molar refractivity (Wildman–Crippen MR) is 107 cm³/mol. The summed E-state index contributed by atoms with van der Waals surface area (Å²) in [5.41, 5.74) is 1.22. The minimum Gasteiger partial charge on any atom is -0.378 e. The van der Waals surface area contributed by atoms with Gasteiger partial charge in [0.2, 0.25) is 0 Å². The number of ketones is 1. The van der Waals surface area contributed by atoms with Crippen molar-refractivity contribution in [2.75, 3.05) is 36.5 Å². The second-order valence-electron chi connectivity index (χ2n) is 6.34. The molecule has 3 aromatic rings. The number of aromatic nitrogens is 4. The maximum absolute atomic E-state index is 11.6. The molecule has 2 aromatic heterocycles. The molecule has 0 aliphatic carbocycles. The minimum absolute atomic E-state index is 0.109. The number of morpholine rings is 1. The standard InChI is InChI=1S/C19H19ClN6O2/c1-13(27)16-6-7-26(24-16)19-22-17(21-15-4-2-14(20)3-5-15)12-18(23-19)25-8-10-28-11-9-25/h2-7,12H,8-11H2,1H3,(H,21,22,23).